The Morgan fingerprint density at radius 1 is 0.966 bits per heavy atom. The largest absolute Gasteiger partial charge is 0.500 e. The van der Waals surface area contributed by atoms with Gasteiger partial charge < -0.3 is 18.9 Å². The molecule has 2 rings (SSSR count). The van der Waals surface area contributed by atoms with Crippen LogP contribution in [0.3, 0.4) is 0 Å². The number of ether oxygens (including phenoxy) is 4. The van der Waals surface area contributed by atoms with Gasteiger partial charge in [0.25, 0.3) is 0 Å². The van der Waals surface area contributed by atoms with Gasteiger partial charge in [0.1, 0.15) is 17.1 Å². The van der Waals surface area contributed by atoms with E-state index in [0.29, 0.717) is 5.56 Å². The zero-order valence-corrected chi connectivity index (χ0v) is 17.3. The highest BCUT2D eigenvalue weighted by molar-refractivity contribution is 7.17. The lowest BCUT2D eigenvalue weighted by Crippen LogP contribution is -2.34. The van der Waals surface area contributed by atoms with Crippen molar-refractivity contribution < 1.29 is 37.6 Å². The van der Waals surface area contributed by atoms with Gasteiger partial charge in [-0.25, -0.2) is 4.79 Å². The second-order valence-electron chi connectivity index (χ2n) is 5.61. The fraction of sp³-hybridized carbons (Fsp3) is 0.300. The lowest BCUT2D eigenvalue weighted by atomic mass is 10.1. The van der Waals surface area contributed by atoms with Crippen molar-refractivity contribution in [2.75, 3.05) is 13.2 Å². The number of para-hydroxylation sites is 1. The first kappa shape index (κ1) is 22.6. The molecule has 0 saturated heterocycles. The Kier molecular flexibility index (Phi) is 8.42. The van der Waals surface area contributed by atoms with E-state index in [9.17, 15) is 14.2 Å². The quantitative estimate of drug-likeness (QED) is 0.246. The summed E-state index contributed by atoms with van der Waals surface area (Å²) in [5.41, 5.74) is 0.453. The summed E-state index contributed by atoms with van der Waals surface area (Å²) in [6.07, 6.45) is 0. The van der Waals surface area contributed by atoms with E-state index in [-0.39, 0.29) is 30.3 Å². The second-order valence-corrected chi connectivity index (χ2v) is 5.99. The van der Waals surface area contributed by atoms with Gasteiger partial charge in [-0.1, -0.05) is 28.8 Å². The van der Waals surface area contributed by atoms with E-state index in [0.717, 1.165) is 0 Å². The smallest absolute Gasteiger partial charge is 0.426 e. The molecule has 0 saturated carbocycles. The highest BCUT2D eigenvalue weighted by Crippen LogP contribution is 2.34. The molecule has 0 aliphatic rings. The van der Waals surface area contributed by atoms with E-state index in [1.807, 2.05) is 0 Å². The van der Waals surface area contributed by atoms with Gasteiger partial charge >= 0.3 is 26.6 Å². The van der Waals surface area contributed by atoms with Crippen LogP contribution in [0.25, 0.3) is 0 Å². The number of benzene rings is 2. The molecule has 0 aliphatic carbocycles. The number of rotatable bonds is 10. The zero-order chi connectivity index (χ0) is 21.3. The van der Waals surface area contributed by atoms with Crippen LogP contribution in [0.15, 0.2) is 48.5 Å². The Bertz CT molecular complexity index is 861. The van der Waals surface area contributed by atoms with Crippen molar-refractivity contribution in [3.63, 3.8) is 0 Å². The van der Waals surface area contributed by atoms with Gasteiger partial charge in [0.2, 0.25) is 0 Å². The van der Waals surface area contributed by atoms with Gasteiger partial charge in [-0.2, -0.15) is 0 Å². The summed E-state index contributed by atoms with van der Waals surface area (Å²) in [4.78, 5) is 23.8. The second kappa shape index (κ2) is 10.8. The highest BCUT2D eigenvalue weighted by atomic mass is 31.1. The van der Waals surface area contributed by atoms with Crippen LogP contribution in [0.4, 0.5) is 0 Å². The molecule has 0 N–H and O–H groups in total. The third kappa shape index (κ3) is 5.92. The maximum Gasteiger partial charge on any atom is 0.500 e. The SMILES string of the molecule is CCOC(OCC)(O[PH+]=O)c1cccc(OC(=O)c2ccccc2OC(C)=O)c1. The monoisotopic (exact) mass is 421 g/mol. The molecule has 0 fully saturated rings. The molecular formula is C20H22O8P+. The molecule has 8 nitrogen and oxygen atoms in total. The third-order valence-corrected chi connectivity index (χ3v) is 3.96. The standard InChI is InChI=1S/C20H22O8P/c1-4-24-20(25-5-2,28-29-23)15-9-8-10-16(13-15)27-19(22)17-11-6-7-12-18(17)26-14(3)21/h6-13,29H,4-5H2,1-3H3/q+1. The van der Waals surface area contributed by atoms with Crippen molar-refractivity contribution >= 4 is 20.6 Å². The topological polar surface area (TPSA) is 97.4 Å². The first-order valence-corrected chi connectivity index (χ1v) is 9.70. The molecule has 9 heteroatoms. The minimum Gasteiger partial charge on any atom is -0.426 e. The van der Waals surface area contributed by atoms with Crippen LogP contribution in [0.5, 0.6) is 11.5 Å². The van der Waals surface area contributed by atoms with Crippen LogP contribution in [0, 0.1) is 0 Å². The fourth-order valence-corrected chi connectivity index (χ4v) is 2.90. The van der Waals surface area contributed by atoms with Gasteiger partial charge in [0.05, 0.1) is 13.2 Å². The Morgan fingerprint density at radius 2 is 1.66 bits per heavy atom. The van der Waals surface area contributed by atoms with Crippen LogP contribution >= 0.6 is 8.69 Å². The molecule has 2 aromatic carbocycles. The first-order chi connectivity index (χ1) is 14.0. The summed E-state index contributed by atoms with van der Waals surface area (Å²) in [6.45, 7) is 5.17. The summed E-state index contributed by atoms with van der Waals surface area (Å²) >= 11 is 0. The van der Waals surface area contributed by atoms with Crippen LogP contribution in [0.1, 0.15) is 36.7 Å². The van der Waals surface area contributed by atoms with Crippen LogP contribution in [-0.2, 0) is 29.3 Å². The van der Waals surface area contributed by atoms with Gasteiger partial charge in [0, 0.05) is 12.5 Å². The van der Waals surface area contributed by atoms with Gasteiger partial charge in [0.15, 0.2) is 0 Å². The number of carbonyl (C=O) groups excluding carboxylic acids is 2. The minimum absolute atomic E-state index is 0.0891. The number of hydrogen-bond acceptors (Lipinski definition) is 8. The van der Waals surface area contributed by atoms with E-state index in [1.165, 1.54) is 25.1 Å². The molecule has 0 aliphatic heterocycles. The molecule has 0 radical (unpaired) electrons. The minimum atomic E-state index is -1.69. The fourth-order valence-electron chi connectivity index (χ4n) is 2.55. The van der Waals surface area contributed by atoms with E-state index in [2.05, 4.69) is 0 Å². The van der Waals surface area contributed by atoms with Crippen LogP contribution in [-0.4, -0.2) is 25.2 Å². The third-order valence-electron chi connectivity index (χ3n) is 3.60. The molecule has 1 atom stereocenters. The summed E-state index contributed by atoms with van der Waals surface area (Å²) in [7, 11) is -1.14. The molecule has 2 aromatic rings. The molecule has 1 unspecified atom stereocenters. The van der Waals surface area contributed by atoms with Crippen molar-refractivity contribution in [3.8, 4) is 11.5 Å². The normalized spacial score (nSPS) is 11.3. The Labute approximate surface area is 170 Å². The molecule has 0 aromatic heterocycles. The summed E-state index contributed by atoms with van der Waals surface area (Å²) in [5.74, 6) is -2.70. The average molecular weight is 421 g/mol. The predicted molar refractivity (Wildman–Crippen MR) is 104 cm³/mol. The van der Waals surface area contributed by atoms with Crippen molar-refractivity contribution in [2.24, 2.45) is 0 Å². The van der Waals surface area contributed by atoms with Crippen LogP contribution in [0.2, 0.25) is 0 Å². The maximum atomic E-state index is 12.6. The molecule has 0 heterocycles. The Morgan fingerprint density at radius 3 is 2.28 bits per heavy atom. The highest BCUT2D eigenvalue weighted by Gasteiger charge is 2.40. The Balaban J connectivity index is 2.33. The average Bonchev–Trinajstić information content (AvgIpc) is 2.68. The zero-order valence-electron chi connectivity index (χ0n) is 16.3. The van der Waals surface area contributed by atoms with Gasteiger partial charge in [-0.15, -0.1) is 0 Å². The molecular weight excluding hydrogens is 399 g/mol. The summed E-state index contributed by atoms with van der Waals surface area (Å²) in [6, 6.07) is 12.5. The number of carbonyl (C=O) groups is 2. The van der Waals surface area contributed by atoms with Gasteiger partial charge in [-0.3, -0.25) is 4.79 Å². The van der Waals surface area contributed by atoms with Crippen molar-refractivity contribution in [2.45, 2.75) is 26.7 Å². The molecule has 29 heavy (non-hydrogen) atoms. The number of hydrogen-bond donors (Lipinski definition) is 0. The van der Waals surface area contributed by atoms with Gasteiger partial charge in [-0.05, 0) is 42.7 Å². The van der Waals surface area contributed by atoms with Crippen molar-refractivity contribution in [1.82, 2.24) is 0 Å². The summed E-state index contributed by atoms with van der Waals surface area (Å²) < 4.78 is 38.0. The van der Waals surface area contributed by atoms with E-state index < -0.39 is 26.6 Å². The maximum absolute atomic E-state index is 12.6. The Hall–Kier alpha value is -2.64. The lowest BCUT2D eigenvalue weighted by molar-refractivity contribution is -0.350. The summed E-state index contributed by atoms with van der Waals surface area (Å²) in [5, 5.41) is 0. The van der Waals surface area contributed by atoms with Crippen molar-refractivity contribution in [1.29, 1.82) is 0 Å². The van der Waals surface area contributed by atoms with E-state index >= 15 is 0 Å². The van der Waals surface area contributed by atoms with E-state index in [1.54, 1.807) is 44.2 Å². The molecule has 154 valence electrons. The predicted octanol–water partition coefficient (Wildman–Crippen LogP) is 3.97. The molecule has 0 amide bonds. The first-order valence-electron chi connectivity index (χ1n) is 8.89. The van der Waals surface area contributed by atoms with Crippen LogP contribution < -0.4 is 9.47 Å². The van der Waals surface area contributed by atoms with Crippen molar-refractivity contribution in [3.05, 3.63) is 59.7 Å². The molecule has 0 bridgehead atoms. The van der Waals surface area contributed by atoms with E-state index in [4.69, 9.17) is 23.5 Å². The number of esters is 2. The lowest BCUT2D eigenvalue weighted by Gasteiger charge is -2.27. The molecule has 0 spiro atoms.